The molecule has 1 aliphatic heterocycles. The predicted molar refractivity (Wildman–Crippen MR) is 118 cm³/mol. The number of ether oxygens (including phenoxy) is 1. The minimum atomic E-state index is -0.932. The van der Waals surface area contributed by atoms with Crippen molar-refractivity contribution < 1.29 is 24.2 Å². The third kappa shape index (κ3) is 5.51. The zero-order chi connectivity index (χ0) is 21.5. The Kier molecular flexibility index (Phi) is 7.30. The fourth-order valence-corrected chi connectivity index (χ4v) is 3.83. The Labute approximate surface area is 179 Å². The fourth-order valence-electron chi connectivity index (χ4n) is 2.98. The molecular formula is C23H23NO5S. The summed E-state index contributed by atoms with van der Waals surface area (Å²) in [5, 5.41) is 8.36. The summed E-state index contributed by atoms with van der Waals surface area (Å²) in [7, 11) is 0. The molecule has 1 saturated heterocycles. The van der Waals surface area contributed by atoms with Gasteiger partial charge in [0.2, 0.25) is 0 Å². The zero-order valence-electron chi connectivity index (χ0n) is 16.7. The third-order valence-electron chi connectivity index (χ3n) is 4.55. The smallest absolute Gasteiger partial charge is 0.306 e. The Morgan fingerprint density at radius 3 is 2.63 bits per heavy atom. The maximum absolute atomic E-state index is 12.8. The van der Waals surface area contributed by atoms with Gasteiger partial charge in [-0.15, -0.1) is 0 Å². The van der Waals surface area contributed by atoms with Crippen LogP contribution in [-0.4, -0.2) is 28.8 Å². The molecule has 6 nitrogen and oxygen atoms in total. The van der Waals surface area contributed by atoms with Gasteiger partial charge in [-0.2, -0.15) is 0 Å². The van der Waals surface area contributed by atoms with E-state index in [-0.39, 0.29) is 24.2 Å². The highest BCUT2D eigenvalue weighted by Crippen LogP contribution is 2.36. The van der Waals surface area contributed by atoms with Crippen LogP contribution in [-0.2, 0) is 16.0 Å². The second-order valence-electron chi connectivity index (χ2n) is 6.85. The van der Waals surface area contributed by atoms with Crippen molar-refractivity contribution in [1.29, 1.82) is 0 Å². The average molecular weight is 426 g/mol. The second kappa shape index (κ2) is 10.1. The van der Waals surface area contributed by atoms with E-state index in [1.807, 2.05) is 12.1 Å². The molecular weight excluding hydrogens is 402 g/mol. The Bertz CT molecular complexity index is 968. The van der Waals surface area contributed by atoms with E-state index < -0.39 is 5.97 Å². The van der Waals surface area contributed by atoms with Gasteiger partial charge in [-0.25, -0.2) is 4.90 Å². The molecule has 2 amide bonds. The number of unbranched alkanes of at least 4 members (excludes halogenated alkanes) is 1. The number of hydrogen-bond donors (Lipinski definition) is 1. The topological polar surface area (TPSA) is 83.9 Å². The van der Waals surface area contributed by atoms with Crippen LogP contribution >= 0.6 is 11.8 Å². The number of thioether (sulfide) groups is 1. The highest BCUT2D eigenvalue weighted by atomic mass is 32.2. The SMILES string of the molecule is CCCCc1ccc(N2C(=O)S/C(=C/c3cccc(OCCC(=O)O)c3)C2=O)cc1. The number of carboxylic acid groups (broad SMARTS) is 1. The fraction of sp³-hybridized carbons (Fsp3) is 0.261. The molecule has 0 atom stereocenters. The first-order valence-corrected chi connectivity index (χ1v) is 10.6. The molecule has 156 valence electrons. The number of aliphatic carboxylic acids is 1. The molecule has 0 spiro atoms. The van der Waals surface area contributed by atoms with E-state index in [1.165, 1.54) is 10.5 Å². The lowest BCUT2D eigenvalue weighted by atomic mass is 10.1. The van der Waals surface area contributed by atoms with Crippen LogP contribution in [0.25, 0.3) is 6.08 Å². The van der Waals surface area contributed by atoms with Crippen molar-refractivity contribution in [2.45, 2.75) is 32.6 Å². The summed E-state index contributed by atoms with van der Waals surface area (Å²) in [5.74, 6) is -0.784. The summed E-state index contributed by atoms with van der Waals surface area (Å²) in [4.78, 5) is 37.4. The van der Waals surface area contributed by atoms with Crippen molar-refractivity contribution in [3.8, 4) is 5.75 Å². The molecule has 2 aromatic carbocycles. The van der Waals surface area contributed by atoms with Crippen LogP contribution in [0.1, 0.15) is 37.3 Å². The number of anilines is 1. The van der Waals surface area contributed by atoms with Crippen molar-refractivity contribution in [1.82, 2.24) is 0 Å². The molecule has 0 unspecified atom stereocenters. The van der Waals surface area contributed by atoms with Crippen LogP contribution in [0.5, 0.6) is 5.75 Å². The van der Waals surface area contributed by atoms with Crippen LogP contribution in [0.3, 0.4) is 0 Å². The van der Waals surface area contributed by atoms with E-state index in [0.29, 0.717) is 21.9 Å². The lowest BCUT2D eigenvalue weighted by Crippen LogP contribution is -2.27. The molecule has 0 aliphatic carbocycles. The molecule has 0 radical (unpaired) electrons. The average Bonchev–Trinajstić information content (AvgIpc) is 3.00. The Morgan fingerprint density at radius 1 is 1.17 bits per heavy atom. The molecule has 1 heterocycles. The molecule has 0 aromatic heterocycles. The first-order valence-electron chi connectivity index (χ1n) is 9.79. The van der Waals surface area contributed by atoms with E-state index >= 15 is 0 Å². The number of nitrogens with zero attached hydrogens (tertiary/aromatic N) is 1. The van der Waals surface area contributed by atoms with Crippen molar-refractivity contribution in [2.75, 3.05) is 11.5 Å². The maximum Gasteiger partial charge on any atom is 0.306 e. The van der Waals surface area contributed by atoms with Gasteiger partial charge >= 0.3 is 5.97 Å². The van der Waals surface area contributed by atoms with E-state index in [1.54, 1.807) is 42.5 Å². The highest BCUT2D eigenvalue weighted by molar-refractivity contribution is 8.19. The van der Waals surface area contributed by atoms with E-state index in [9.17, 15) is 14.4 Å². The van der Waals surface area contributed by atoms with Crippen LogP contribution in [0.2, 0.25) is 0 Å². The minimum Gasteiger partial charge on any atom is -0.493 e. The largest absolute Gasteiger partial charge is 0.493 e. The zero-order valence-corrected chi connectivity index (χ0v) is 17.5. The number of carboxylic acids is 1. The van der Waals surface area contributed by atoms with E-state index in [2.05, 4.69) is 6.92 Å². The van der Waals surface area contributed by atoms with Crippen LogP contribution in [0, 0.1) is 0 Å². The van der Waals surface area contributed by atoms with Crippen molar-refractivity contribution in [3.05, 3.63) is 64.6 Å². The summed E-state index contributed by atoms with van der Waals surface area (Å²) in [6, 6.07) is 14.5. The molecule has 7 heteroatoms. The monoisotopic (exact) mass is 425 g/mol. The molecule has 1 fully saturated rings. The highest BCUT2D eigenvalue weighted by Gasteiger charge is 2.36. The lowest BCUT2D eigenvalue weighted by molar-refractivity contribution is -0.137. The number of aryl methyl sites for hydroxylation is 1. The molecule has 1 aliphatic rings. The van der Waals surface area contributed by atoms with Gasteiger partial charge in [0.25, 0.3) is 11.1 Å². The molecule has 0 saturated carbocycles. The first kappa shape index (κ1) is 21.6. The number of imide groups is 1. The normalized spacial score (nSPS) is 15.1. The van der Waals surface area contributed by atoms with Gasteiger partial charge in [-0.1, -0.05) is 37.6 Å². The van der Waals surface area contributed by atoms with Crippen molar-refractivity contribution in [2.24, 2.45) is 0 Å². The van der Waals surface area contributed by atoms with Crippen molar-refractivity contribution in [3.63, 3.8) is 0 Å². The number of benzene rings is 2. The second-order valence-corrected chi connectivity index (χ2v) is 7.85. The van der Waals surface area contributed by atoms with Crippen LogP contribution in [0.15, 0.2) is 53.4 Å². The van der Waals surface area contributed by atoms with E-state index in [4.69, 9.17) is 9.84 Å². The molecule has 3 rings (SSSR count). The van der Waals surface area contributed by atoms with Gasteiger partial charge < -0.3 is 9.84 Å². The van der Waals surface area contributed by atoms with Gasteiger partial charge in [0.1, 0.15) is 5.75 Å². The van der Waals surface area contributed by atoms with Gasteiger partial charge in [0, 0.05) is 0 Å². The quantitative estimate of drug-likeness (QED) is 0.561. The van der Waals surface area contributed by atoms with Crippen LogP contribution < -0.4 is 9.64 Å². The summed E-state index contributed by atoms with van der Waals surface area (Å²) >= 11 is 0.897. The van der Waals surface area contributed by atoms with Crippen LogP contribution in [0.4, 0.5) is 10.5 Å². The van der Waals surface area contributed by atoms with Gasteiger partial charge in [-0.05, 0) is 66.1 Å². The number of amides is 2. The predicted octanol–water partition coefficient (Wildman–Crippen LogP) is 5.12. The Balaban J connectivity index is 1.72. The third-order valence-corrected chi connectivity index (χ3v) is 5.42. The van der Waals surface area contributed by atoms with Crippen molar-refractivity contribution >= 4 is 40.6 Å². The summed E-state index contributed by atoms with van der Waals surface area (Å²) < 4.78 is 5.42. The molecule has 2 aromatic rings. The summed E-state index contributed by atoms with van der Waals surface area (Å²) in [6.07, 6.45) is 4.73. The number of rotatable bonds is 9. The van der Waals surface area contributed by atoms with Gasteiger partial charge in [0.15, 0.2) is 0 Å². The van der Waals surface area contributed by atoms with E-state index in [0.717, 1.165) is 31.0 Å². The maximum atomic E-state index is 12.8. The lowest BCUT2D eigenvalue weighted by Gasteiger charge is -2.13. The van der Waals surface area contributed by atoms with Gasteiger partial charge in [-0.3, -0.25) is 14.4 Å². The molecule has 0 bridgehead atoms. The minimum absolute atomic E-state index is 0.0591. The standard InChI is InChI=1S/C23H23NO5S/c1-2-3-5-16-8-10-18(11-9-16)24-22(27)20(30-23(24)28)15-17-6-4-7-19(14-17)29-13-12-21(25)26/h4,6-11,14-15H,2-3,5,12-13H2,1H3,(H,25,26)/b20-15+. The summed E-state index contributed by atoms with van der Waals surface area (Å²) in [5.41, 5.74) is 2.44. The number of hydrogen-bond acceptors (Lipinski definition) is 5. The molecule has 30 heavy (non-hydrogen) atoms. The molecule has 1 N–H and O–H groups in total. The van der Waals surface area contributed by atoms with Gasteiger partial charge in [0.05, 0.1) is 23.6 Å². The Hall–Kier alpha value is -3.06. The Morgan fingerprint density at radius 2 is 1.93 bits per heavy atom. The summed E-state index contributed by atoms with van der Waals surface area (Å²) in [6.45, 7) is 2.20. The number of carbonyl (C=O) groups is 3. The number of carbonyl (C=O) groups excluding carboxylic acids is 2. The first-order chi connectivity index (χ1) is 14.5.